The standard InChI is InChI=1S/C17H24N2O2S/c1-2-9-19(17(21)12-22-11-16(18)20)15-8-7-13-5-3-4-6-14(13)10-15/h3-6,15H,2,7-12H2,1H3,(H2,18,20)/t15-/m0/s1. The van der Waals surface area contributed by atoms with Crippen LogP contribution in [-0.2, 0) is 22.4 Å². The first kappa shape index (κ1) is 16.9. The van der Waals surface area contributed by atoms with Crippen molar-refractivity contribution in [3.05, 3.63) is 35.4 Å². The summed E-state index contributed by atoms with van der Waals surface area (Å²) < 4.78 is 0. The van der Waals surface area contributed by atoms with Crippen LogP contribution in [0.25, 0.3) is 0 Å². The van der Waals surface area contributed by atoms with E-state index in [1.165, 1.54) is 22.9 Å². The molecule has 1 atom stereocenters. The van der Waals surface area contributed by atoms with E-state index in [0.29, 0.717) is 5.75 Å². The molecule has 0 unspecified atom stereocenters. The lowest BCUT2D eigenvalue weighted by atomic mass is 9.87. The zero-order valence-corrected chi connectivity index (χ0v) is 13.9. The van der Waals surface area contributed by atoms with Crippen molar-refractivity contribution in [3.63, 3.8) is 0 Å². The molecule has 0 fully saturated rings. The zero-order valence-electron chi connectivity index (χ0n) is 13.1. The van der Waals surface area contributed by atoms with Gasteiger partial charge >= 0.3 is 0 Å². The molecule has 0 saturated heterocycles. The molecule has 1 aromatic carbocycles. The highest BCUT2D eigenvalue weighted by molar-refractivity contribution is 8.00. The van der Waals surface area contributed by atoms with Crippen molar-refractivity contribution in [1.29, 1.82) is 0 Å². The lowest BCUT2D eigenvalue weighted by Gasteiger charge is -2.35. The highest BCUT2D eigenvalue weighted by atomic mass is 32.2. The number of benzene rings is 1. The quantitative estimate of drug-likeness (QED) is 0.836. The van der Waals surface area contributed by atoms with Crippen molar-refractivity contribution in [2.45, 2.75) is 38.6 Å². The Bertz CT molecular complexity index is 533. The first-order valence-corrected chi connectivity index (χ1v) is 8.99. The largest absolute Gasteiger partial charge is 0.369 e. The molecule has 1 aliphatic rings. The summed E-state index contributed by atoms with van der Waals surface area (Å²) in [5.74, 6) is 0.296. The number of amides is 2. The molecule has 0 aliphatic heterocycles. The molecular formula is C17H24N2O2S. The number of nitrogens with two attached hydrogens (primary N) is 1. The Hall–Kier alpha value is -1.49. The van der Waals surface area contributed by atoms with Crippen molar-refractivity contribution in [3.8, 4) is 0 Å². The fourth-order valence-corrected chi connectivity index (χ4v) is 3.66. The van der Waals surface area contributed by atoms with Gasteiger partial charge in [-0.15, -0.1) is 11.8 Å². The van der Waals surface area contributed by atoms with E-state index >= 15 is 0 Å². The molecule has 0 radical (unpaired) electrons. The average molecular weight is 320 g/mol. The summed E-state index contributed by atoms with van der Waals surface area (Å²) in [6, 6.07) is 8.76. The van der Waals surface area contributed by atoms with Gasteiger partial charge in [-0.3, -0.25) is 9.59 Å². The van der Waals surface area contributed by atoms with E-state index in [-0.39, 0.29) is 23.6 Å². The van der Waals surface area contributed by atoms with E-state index in [1.54, 1.807) is 0 Å². The Balaban J connectivity index is 1.99. The number of hydrogen-bond donors (Lipinski definition) is 1. The minimum absolute atomic E-state index is 0.123. The molecule has 0 spiro atoms. The lowest BCUT2D eigenvalue weighted by molar-refractivity contribution is -0.130. The lowest BCUT2D eigenvalue weighted by Crippen LogP contribution is -2.44. The van der Waals surface area contributed by atoms with Crippen LogP contribution < -0.4 is 5.73 Å². The minimum Gasteiger partial charge on any atom is -0.369 e. The molecule has 0 aromatic heterocycles. The van der Waals surface area contributed by atoms with Gasteiger partial charge in [0, 0.05) is 12.6 Å². The minimum atomic E-state index is -0.369. The maximum Gasteiger partial charge on any atom is 0.232 e. The molecule has 0 heterocycles. The van der Waals surface area contributed by atoms with Gasteiger partial charge in [0.2, 0.25) is 11.8 Å². The van der Waals surface area contributed by atoms with Gasteiger partial charge < -0.3 is 10.6 Å². The second-order valence-corrected chi connectivity index (χ2v) is 6.70. The molecule has 4 nitrogen and oxygen atoms in total. The van der Waals surface area contributed by atoms with Crippen molar-refractivity contribution in [2.24, 2.45) is 5.73 Å². The number of thioether (sulfide) groups is 1. The van der Waals surface area contributed by atoms with E-state index in [9.17, 15) is 9.59 Å². The fourth-order valence-electron chi connectivity index (χ4n) is 3.02. The van der Waals surface area contributed by atoms with Crippen molar-refractivity contribution < 1.29 is 9.59 Å². The van der Waals surface area contributed by atoms with Gasteiger partial charge in [0.15, 0.2) is 0 Å². The van der Waals surface area contributed by atoms with E-state index < -0.39 is 0 Å². The highest BCUT2D eigenvalue weighted by Crippen LogP contribution is 2.25. The first-order chi connectivity index (χ1) is 10.6. The summed E-state index contributed by atoms with van der Waals surface area (Å²) in [6.07, 6.45) is 3.93. The van der Waals surface area contributed by atoms with Crippen LogP contribution in [0.4, 0.5) is 0 Å². The molecule has 1 aromatic rings. The summed E-state index contributed by atoms with van der Waals surface area (Å²) >= 11 is 1.31. The first-order valence-electron chi connectivity index (χ1n) is 7.84. The molecule has 2 rings (SSSR count). The van der Waals surface area contributed by atoms with Crippen LogP contribution >= 0.6 is 11.8 Å². The maximum absolute atomic E-state index is 12.5. The number of carbonyl (C=O) groups is 2. The van der Waals surface area contributed by atoms with E-state index in [4.69, 9.17) is 5.73 Å². The summed E-state index contributed by atoms with van der Waals surface area (Å²) in [5.41, 5.74) is 7.89. The van der Waals surface area contributed by atoms with Crippen LogP contribution in [0, 0.1) is 0 Å². The summed E-state index contributed by atoms with van der Waals surface area (Å²) in [6.45, 7) is 2.87. The van der Waals surface area contributed by atoms with Crippen LogP contribution in [-0.4, -0.2) is 40.8 Å². The molecule has 120 valence electrons. The molecule has 2 amide bonds. The van der Waals surface area contributed by atoms with Crippen molar-refractivity contribution >= 4 is 23.6 Å². The normalized spacial score (nSPS) is 16.9. The van der Waals surface area contributed by atoms with Gasteiger partial charge in [0.05, 0.1) is 11.5 Å². The Morgan fingerprint density at radius 3 is 2.68 bits per heavy atom. The Morgan fingerprint density at radius 2 is 2.00 bits per heavy atom. The number of hydrogen-bond acceptors (Lipinski definition) is 3. The molecule has 0 bridgehead atoms. The van der Waals surface area contributed by atoms with Crippen molar-refractivity contribution in [2.75, 3.05) is 18.1 Å². The maximum atomic E-state index is 12.5. The number of rotatable bonds is 7. The third kappa shape index (κ3) is 4.50. The SMILES string of the molecule is CCCN(C(=O)CSCC(N)=O)[C@H]1CCc2ccccc2C1. The number of aryl methyl sites for hydroxylation is 1. The third-order valence-corrected chi connectivity index (χ3v) is 4.96. The second-order valence-electron chi connectivity index (χ2n) is 5.71. The molecule has 5 heteroatoms. The highest BCUT2D eigenvalue weighted by Gasteiger charge is 2.26. The molecular weight excluding hydrogens is 296 g/mol. The van der Waals surface area contributed by atoms with Crippen molar-refractivity contribution in [1.82, 2.24) is 4.90 Å². The number of carbonyl (C=O) groups excluding carboxylic acids is 2. The third-order valence-electron chi connectivity index (χ3n) is 4.02. The van der Waals surface area contributed by atoms with E-state index in [2.05, 4.69) is 31.2 Å². The summed E-state index contributed by atoms with van der Waals surface area (Å²) in [4.78, 5) is 25.3. The second kappa shape index (κ2) is 8.22. The number of fused-ring (bicyclic) bond motifs is 1. The summed E-state index contributed by atoms with van der Waals surface area (Å²) in [7, 11) is 0. The molecule has 22 heavy (non-hydrogen) atoms. The van der Waals surface area contributed by atoms with Gasteiger partial charge in [0.25, 0.3) is 0 Å². The van der Waals surface area contributed by atoms with Gasteiger partial charge in [-0.2, -0.15) is 0 Å². The van der Waals surface area contributed by atoms with Crippen LogP contribution in [0.15, 0.2) is 24.3 Å². The van der Waals surface area contributed by atoms with Gasteiger partial charge in [-0.05, 0) is 36.8 Å². The fraction of sp³-hybridized carbons (Fsp3) is 0.529. The van der Waals surface area contributed by atoms with Crippen LogP contribution in [0.5, 0.6) is 0 Å². The summed E-state index contributed by atoms with van der Waals surface area (Å²) in [5, 5.41) is 0. The molecule has 1 aliphatic carbocycles. The molecule has 0 saturated carbocycles. The molecule has 2 N–H and O–H groups in total. The predicted molar refractivity (Wildman–Crippen MR) is 90.8 cm³/mol. The number of nitrogens with zero attached hydrogens (tertiary/aromatic N) is 1. The van der Waals surface area contributed by atoms with Crippen LogP contribution in [0.3, 0.4) is 0 Å². The van der Waals surface area contributed by atoms with Gasteiger partial charge in [0.1, 0.15) is 0 Å². The van der Waals surface area contributed by atoms with Gasteiger partial charge in [-0.1, -0.05) is 31.2 Å². The Morgan fingerprint density at radius 1 is 1.27 bits per heavy atom. The Labute approximate surface area is 136 Å². The zero-order chi connectivity index (χ0) is 15.9. The van der Waals surface area contributed by atoms with Crippen LogP contribution in [0.2, 0.25) is 0 Å². The predicted octanol–water partition coefficient (Wildman–Crippen LogP) is 2.00. The van der Waals surface area contributed by atoms with E-state index in [0.717, 1.165) is 32.2 Å². The van der Waals surface area contributed by atoms with Crippen LogP contribution in [0.1, 0.15) is 30.9 Å². The monoisotopic (exact) mass is 320 g/mol. The Kier molecular flexibility index (Phi) is 6.31. The topological polar surface area (TPSA) is 63.4 Å². The number of primary amides is 1. The smallest absolute Gasteiger partial charge is 0.232 e. The van der Waals surface area contributed by atoms with E-state index in [1.807, 2.05) is 4.90 Å². The average Bonchev–Trinajstić information content (AvgIpc) is 2.51. The van der Waals surface area contributed by atoms with Gasteiger partial charge in [-0.25, -0.2) is 0 Å².